The van der Waals surface area contributed by atoms with Gasteiger partial charge in [-0.05, 0) is 11.6 Å². The van der Waals surface area contributed by atoms with E-state index in [1.165, 1.54) is 5.56 Å². The van der Waals surface area contributed by atoms with E-state index in [0.717, 1.165) is 34.5 Å². The molecule has 6 heteroatoms. The molecule has 0 saturated heterocycles. The number of fused-ring (bicyclic) bond motifs is 3. The zero-order valence-electron chi connectivity index (χ0n) is 14.0. The number of aromatic nitrogens is 1. The van der Waals surface area contributed by atoms with Gasteiger partial charge in [0.1, 0.15) is 0 Å². The van der Waals surface area contributed by atoms with Gasteiger partial charge in [0.2, 0.25) is 0 Å². The van der Waals surface area contributed by atoms with Gasteiger partial charge in [0, 0.05) is 31.2 Å². The molecule has 3 heterocycles. The molecule has 0 bridgehead atoms. The van der Waals surface area contributed by atoms with Crippen molar-refractivity contribution in [3.8, 4) is 0 Å². The van der Waals surface area contributed by atoms with Gasteiger partial charge >= 0.3 is 5.97 Å². The second-order valence-corrected chi connectivity index (χ2v) is 6.95. The molecular weight excluding hydrogens is 308 g/mol. The highest BCUT2D eigenvalue weighted by Crippen LogP contribution is 2.36. The van der Waals surface area contributed by atoms with Crippen LogP contribution in [0.5, 0.6) is 0 Å². The maximum Gasteiger partial charge on any atom is 0.351 e. The first-order chi connectivity index (χ1) is 11.4. The number of hydrogen-bond acceptors (Lipinski definition) is 4. The van der Waals surface area contributed by atoms with E-state index in [2.05, 4.69) is 11.1 Å². The Kier molecular flexibility index (Phi) is 3.15. The van der Waals surface area contributed by atoms with Crippen LogP contribution in [0.3, 0.4) is 0 Å². The Bertz CT molecular complexity index is 865. The number of ether oxygens (including phenoxy) is 2. The molecule has 2 aliphatic rings. The number of para-hydroxylation sites is 1. The number of quaternary nitrogens is 1. The third kappa shape index (κ3) is 2.17. The quantitative estimate of drug-likeness (QED) is 0.691. The first-order valence-corrected chi connectivity index (χ1v) is 8.14. The van der Waals surface area contributed by atoms with E-state index in [1.54, 1.807) is 13.8 Å². The molecule has 126 valence electrons. The van der Waals surface area contributed by atoms with Crippen LogP contribution in [0.1, 0.15) is 31.1 Å². The van der Waals surface area contributed by atoms with Crippen LogP contribution in [0.15, 0.2) is 35.8 Å². The molecule has 0 fully saturated rings. The summed E-state index contributed by atoms with van der Waals surface area (Å²) in [4.78, 5) is 17.1. The number of H-pyrrole nitrogens is 1. The van der Waals surface area contributed by atoms with Gasteiger partial charge in [0.05, 0.1) is 19.3 Å². The van der Waals surface area contributed by atoms with Crippen molar-refractivity contribution in [1.82, 2.24) is 4.98 Å². The maximum atomic E-state index is 12.5. The number of nitrogens with one attached hydrogen (secondary N) is 2. The van der Waals surface area contributed by atoms with E-state index in [1.807, 2.05) is 25.2 Å². The number of aliphatic hydroxyl groups excluding tert-OH is 1. The summed E-state index contributed by atoms with van der Waals surface area (Å²) in [5, 5.41) is 11.5. The molecule has 0 saturated carbocycles. The van der Waals surface area contributed by atoms with Crippen LogP contribution < -0.4 is 4.90 Å². The van der Waals surface area contributed by atoms with Crippen molar-refractivity contribution in [2.75, 3.05) is 13.6 Å². The van der Waals surface area contributed by atoms with Crippen LogP contribution >= 0.6 is 0 Å². The monoisotopic (exact) mass is 329 g/mol. The van der Waals surface area contributed by atoms with Crippen LogP contribution in [0, 0.1) is 0 Å². The normalized spacial score (nSPS) is 26.0. The minimum absolute atomic E-state index is 0.180. The highest BCUT2D eigenvalue weighted by atomic mass is 16.8. The average molecular weight is 329 g/mol. The number of benzene rings is 1. The van der Waals surface area contributed by atoms with E-state index in [4.69, 9.17) is 9.47 Å². The molecule has 3 N–H and O–H groups in total. The molecule has 1 unspecified atom stereocenters. The molecule has 0 radical (unpaired) electrons. The lowest BCUT2D eigenvalue weighted by Crippen LogP contribution is -3.10. The minimum atomic E-state index is -1.16. The predicted molar refractivity (Wildman–Crippen MR) is 87.4 cm³/mol. The van der Waals surface area contributed by atoms with Gasteiger partial charge in [-0.25, -0.2) is 4.79 Å². The third-order valence-corrected chi connectivity index (χ3v) is 4.82. The van der Waals surface area contributed by atoms with Gasteiger partial charge in [-0.2, -0.15) is 0 Å². The summed E-state index contributed by atoms with van der Waals surface area (Å²) in [6.45, 7) is 4.06. The minimum Gasteiger partial charge on any atom is -0.480 e. The average Bonchev–Trinajstić information content (AvgIpc) is 2.86. The summed E-state index contributed by atoms with van der Waals surface area (Å²) in [5.41, 5.74) is 3.35. The topological polar surface area (TPSA) is 76.0 Å². The van der Waals surface area contributed by atoms with Crippen molar-refractivity contribution >= 4 is 16.9 Å². The molecule has 1 aromatic heterocycles. The number of hydrogen-bond donors (Lipinski definition) is 3. The summed E-state index contributed by atoms with van der Waals surface area (Å²) in [6, 6.07) is 7.74. The molecule has 0 aliphatic carbocycles. The predicted octanol–water partition coefficient (Wildman–Crippen LogP) is 1.36. The number of rotatable bonds is 1. The third-order valence-electron chi connectivity index (χ3n) is 4.82. The SMILES string of the molecule is C[NH+]1CCc2c([nH]c3ccccc23)[C@H]1C1=C(O)OC(C)(C)OC1=O. The number of esters is 1. The Hall–Kier alpha value is -2.47. The molecule has 2 aliphatic heterocycles. The van der Waals surface area contributed by atoms with Crippen molar-refractivity contribution in [3.05, 3.63) is 47.0 Å². The van der Waals surface area contributed by atoms with Gasteiger partial charge in [-0.15, -0.1) is 0 Å². The van der Waals surface area contributed by atoms with Crippen molar-refractivity contribution in [2.45, 2.75) is 32.1 Å². The van der Waals surface area contributed by atoms with E-state index in [9.17, 15) is 9.90 Å². The lowest BCUT2D eigenvalue weighted by atomic mass is 9.92. The fourth-order valence-corrected chi connectivity index (χ4v) is 3.76. The van der Waals surface area contributed by atoms with Crippen LogP contribution in [-0.2, 0) is 20.7 Å². The van der Waals surface area contributed by atoms with Crippen molar-refractivity contribution in [2.24, 2.45) is 0 Å². The number of aromatic amines is 1. The lowest BCUT2D eigenvalue weighted by Gasteiger charge is -2.35. The second-order valence-electron chi connectivity index (χ2n) is 6.95. The first kappa shape index (κ1) is 15.1. The lowest BCUT2D eigenvalue weighted by molar-refractivity contribution is -0.908. The molecule has 1 aromatic carbocycles. The van der Waals surface area contributed by atoms with Crippen LogP contribution in [-0.4, -0.2) is 35.4 Å². The second kappa shape index (κ2) is 5.01. The van der Waals surface area contributed by atoms with Gasteiger partial charge in [0.15, 0.2) is 11.6 Å². The summed E-state index contributed by atoms with van der Waals surface area (Å²) in [5.74, 6) is -2.03. The van der Waals surface area contributed by atoms with Gasteiger partial charge in [-0.3, -0.25) is 0 Å². The summed E-state index contributed by atoms with van der Waals surface area (Å²) in [6.07, 6.45) is 0.914. The Morgan fingerprint density at radius 2 is 2.04 bits per heavy atom. The first-order valence-electron chi connectivity index (χ1n) is 8.14. The smallest absolute Gasteiger partial charge is 0.351 e. The number of carbonyl (C=O) groups excluding carboxylic acids is 1. The van der Waals surface area contributed by atoms with Crippen molar-refractivity contribution in [3.63, 3.8) is 0 Å². The Labute approximate surface area is 139 Å². The van der Waals surface area contributed by atoms with E-state index in [-0.39, 0.29) is 17.6 Å². The van der Waals surface area contributed by atoms with Crippen molar-refractivity contribution < 1.29 is 24.3 Å². The standard InChI is InChI=1S/C18H20N2O4/c1-18(2)23-16(21)13(17(22)24-18)15-14-11(8-9-20(15)3)10-6-4-5-7-12(10)19-14/h4-7,15,19,21H,8-9H2,1-3H3/p+1/t15-/m1/s1. The Morgan fingerprint density at radius 1 is 1.29 bits per heavy atom. The summed E-state index contributed by atoms with van der Waals surface area (Å²) >= 11 is 0. The highest BCUT2D eigenvalue weighted by Gasteiger charge is 2.46. The largest absolute Gasteiger partial charge is 0.480 e. The number of aliphatic hydroxyl groups is 1. The molecule has 24 heavy (non-hydrogen) atoms. The summed E-state index contributed by atoms with van der Waals surface area (Å²) in [7, 11) is 2.01. The number of carbonyl (C=O) groups is 1. The van der Waals surface area contributed by atoms with Crippen LogP contribution in [0.25, 0.3) is 10.9 Å². The zero-order chi connectivity index (χ0) is 17.1. The van der Waals surface area contributed by atoms with Gasteiger partial charge < -0.3 is 24.5 Å². The number of cyclic esters (lactones) is 1. The van der Waals surface area contributed by atoms with Gasteiger partial charge in [0.25, 0.3) is 11.7 Å². The Balaban J connectivity index is 1.89. The van der Waals surface area contributed by atoms with Crippen LogP contribution in [0.4, 0.5) is 0 Å². The fraction of sp³-hybridized carbons (Fsp3) is 0.389. The molecule has 0 amide bonds. The van der Waals surface area contributed by atoms with Crippen LogP contribution in [0.2, 0.25) is 0 Å². The number of likely N-dealkylation sites (N-methyl/N-ethyl adjacent to an activating group) is 1. The molecule has 2 aromatic rings. The molecular formula is C18H21N2O4+. The maximum absolute atomic E-state index is 12.5. The van der Waals surface area contributed by atoms with E-state index in [0.29, 0.717) is 0 Å². The molecule has 2 atom stereocenters. The highest BCUT2D eigenvalue weighted by molar-refractivity contribution is 5.92. The van der Waals surface area contributed by atoms with E-state index < -0.39 is 11.8 Å². The van der Waals surface area contributed by atoms with Crippen molar-refractivity contribution in [1.29, 1.82) is 0 Å². The molecule has 4 rings (SSSR count). The molecule has 6 nitrogen and oxygen atoms in total. The van der Waals surface area contributed by atoms with E-state index >= 15 is 0 Å². The summed E-state index contributed by atoms with van der Waals surface area (Å²) < 4.78 is 10.8. The molecule has 0 spiro atoms. The Morgan fingerprint density at radius 3 is 2.79 bits per heavy atom. The zero-order valence-corrected chi connectivity index (χ0v) is 14.0. The van der Waals surface area contributed by atoms with Gasteiger partial charge in [-0.1, -0.05) is 18.2 Å². The fourth-order valence-electron chi connectivity index (χ4n) is 3.76.